The van der Waals surface area contributed by atoms with Gasteiger partial charge in [0, 0.05) is 37.9 Å². The van der Waals surface area contributed by atoms with E-state index >= 15 is 0 Å². The molecule has 2 aromatic rings. The molecule has 5 nitrogen and oxygen atoms in total. The predicted molar refractivity (Wildman–Crippen MR) is 71.6 cm³/mol. The van der Waals surface area contributed by atoms with Gasteiger partial charge < -0.3 is 10.6 Å². The van der Waals surface area contributed by atoms with Crippen LogP contribution in [-0.2, 0) is 11.3 Å². The standard InChI is InChI=1S/C14H16N4O/c15-12-8-14(19)17(10-12)9-11-4-1-2-5-13(11)18-7-3-6-16-18/h1-7,12H,8-10,15H2. The fourth-order valence-electron chi connectivity index (χ4n) is 2.44. The van der Waals surface area contributed by atoms with Gasteiger partial charge in [0.15, 0.2) is 0 Å². The molecule has 1 fully saturated rings. The highest BCUT2D eigenvalue weighted by Gasteiger charge is 2.27. The van der Waals surface area contributed by atoms with Gasteiger partial charge in [0.25, 0.3) is 0 Å². The van der Waals surface area contributed by atoms with E-state index in [0.29, 0.717) is 19.5 Å². The van der Waals surface area contributed by atoms with Crippen LogP contribution in [0.25, 0.3) is 5.69 Å². The molecule has 1 aromatic heterocycles. The van der Waals surface area contributed by atoms with Crippen LogP contribution in [0.2, 0.25) is 0 Å². The topological polar surface area (TPSA) is 64.2 Å². The van der Waals surface area contributed by atoms with Crippen molar-refractivity contribution in [3.63, 3.8) is 0 Å². The van der Waals surface area contributed by atoms with Gasteiger partial charge >= 0.3 is 0 Å². The van der Waals surface area contributed by atoms with Crippen molar-refractivity contribution in [3.05, 3.63) is 48.3 Å². The Morgan fingerprint density at radius 3 is 2.84 bits per heavy atom. The van der Waals surface area contributed by atoms with Crippen LogP contribution in [0.4, 0.5) is 0 Å². The summed E-state index contributed by atoms with van der Waals surface area (Å²) in [7, 11) is 0. The Hall–Kier alpha value is -2.14. The van der Waals surface area contributed by atoms with Crippen LogP contribution in [0.5, 0.6) is 0 Å². The van der Waals surface area contributed by atoms with Crippen molar-refractivity contribution >= 4 is 5.91 Å². The Kier molecular flexibility index (Phi) is 3.05. The minimum absolute atomic E-state index is 0.0376. The summed E-state index contributed by atoms with van der Waals surface area (Å²) in [5.74, 6) is 0.128. The first-order valence-corrected chi connectivity index (χ1v) is 6.35. The average Bonchev–Trinajstić information content (AvgIpc) is 3.01. The van der Waals surface area contributed by atoms with Crippen LogP contribution in [-0.4, -0.2) is 33.2 Å². The third kappa shape index (κ3) is 2.37. The van der Waals surface area contributed by atoms with Gasteiger partial charge in [-0.1, -0.05) is 18.2 Å². The Balaban J connectivity index is 1.87. The van der Waals surface area contributed by atoms with Crippen molar-refractivity contribution < 1.29 is 4.79 Å². The number of carbonyl (C=O) groups excluding carboxylic acids is 1. The number of para-hydroxylation sites is 1. The zero-order valence-corrected chi connectivity index (χ0v) is 10.6. The van der Waals surface area contributed by atoms with Crippen molar-refractivity contribution in [3.8, 4) is 5.69 Å². The number of nitrogens with zero attached hydrogens (tertiary/aromatic N) is 3. The lowest BCUT2D eigenvalue weighted by Gasteiger charge is -2.18. The maximum absolute atomic E-state index is 11.8. The van der Waals surface area contributed by atoms with E-state index in [0.717, 1.165) is 11.3 Å². The van der Waals surface area contributed by atoms with E-state index in [9.17, 15) is 4.79 Å². The molecule has 98 valence electrons. The largest absolute Gasteiger partial charge is 0.337 e. The van der Waals surface area contributed by atoms with E-state index in [-0.39, 0.29) is 11.9 Å². The molecule has 1 amide bonds. The second kappa shape index (κ2) is 4.85. The molecule has 1 aromatic carbocycles. The first-order valence-electron chi connectivity index (χ1n) is 6.35. The van der Waals surface area contributed by atoms with Crippen LogP contribution < -0.4 is 5.73 Å². The fourth-order valence-corrected chi connectivity index (χ4v) is 2.44. The molecule has 1 unspecified atom stereocenters. The van der Waals surface area contributed by atoms with Crippen LogP contribution >= 0.6 is 0 Å². The summed E-state index contributed by atoms with van der Waals surface area (Å²) < 4.78 is 1.82. The van der Waals surface area contributed by atoms with Gasteiger partial charge in [-0.2, -0.15) is 5.10 Å². The molecule has 1 saturated heterocycles. The Morgan fingerprint density at radius 2 is 2.16 bits per heavy atom. The summed E-state index contributed by atoms with van der Waals surface area (Å²) in [5.41, 5.74) is 7.90. The fraction of sp³-hybridized carbons (Fsp3) is 0.286. The monoisotopic (exact) mass is 256 g/mol. The normalized spacial score (nSPS) is 19.1. The lowest BCUT2D eigenvalue weighted by molar-refractivity contribution is -0.128. The maximum Gasteiger partial charge on any atom is 0.224 e. The van der Waals surface area contributed by atoms with Crippen LogP contribution in [0.3, 0.4) is 0 Å². The molecule has 0 radical (unpaired) electrons. The zero-order chi connectivity index (χ0) is 13.2. The summed E-state index contributed by atoms with van der Waals surface area (Å²) >= 11 is 0. The zero-order valence-electron chi connectivity index (χ0n) is 10.6. The summed E-state index contributed by atoms with van der Waals surface area (Å²) in [4.78, 5) is 13.6. The molecule has 2 N–H and O–H groups in total. The van der Waals surface area contributed by atoms with Crippen molar-refractivity contribution in [2.75, 3.05) is 6.54 Å². The van der Waals surface area contributed by atoms with Crippen molar-refractivity contribution in [1.29, 1.82) is 0 Å². The third-order valence-corrected chi connectivity index (χ3v) is 3.35. The maximum atomic E-state index is 11.8. The molecule has 2 heterocycles. The van der Waals surface area contributed by atoms with Gasteiger partial charge in [-0.05, 0) is 17.7 Å². The Morgan fingerprint density at radius 1 is 1.32 bits per heavy atom. The average molecular weight is 256 g/mol. The number of carbonyl (C=O) groups is 1. The summed E-state index contributed by atoms with van der Waals surface area (Å²) in [5, 5.41) is 4.24. The van der Waals surface area contributed by atoms with Crippen molar-refractivity contribution in [2.24, 2.45) is 5.73 Å². The number of likely N-dealkylation sites (tertiary alicyclic amines) is 1. The van der Waals surface area contributed by atoms with E-state index in [2.05, 4.69) is 5.10 Å². The van der Waals surface area contributed by atoms with Crippen LogP contribution in [0.15, 0.2) is 42.7 Å². The number of aromatic nitrogens is 2. The highest BCUT2D eigenvalue weighted by atomic mass is 16.2. The van der Waals surface area contributed by atoms with E-state index in [4.69, 9.17) is 5.73 Å². The Labute approximate surface area is 111 Å². The lowest BCUT2D eigenvalue weighted by atomic mass is 10.1. The molecule has 3 rings (SSSR count). The van der Waals surface area contributed by atoms with Crippen LogP contribution in [0, 0.1) is 0 Å². The number of hydrogen-bond donors (Lipinski definition) is 1. The van der Waals surface area contributed by atoms with Gasteiger partial charge in [0.05, 0.1) is 5.69 Å². The van der Waals surface area contributed by atoms with Gasteiger partial charge in [-0.25, -0.2) is 4.68 Å². The molecular formula is C14H16N4O. The van der Waals surface area contributed by atoms with E-state index in [1.165, 1.54) is 0 Å². The van der Waals surface area contributed by atoms with Gasteiger partial charge in [0.2, 0.25) is 5.91 Å². The summed E-state index contributed by atoms with van der Waals surface area (Å²) in [6.45, 7) is 1.22. The molecule has 1 aliphatic rings. The van der Waals surface area contributed by atoms with Gasteiger partial charge in [-0.15, -0.1) is 0 Å². The highest BCUT2D eigenvalue weighted by Crippen LogP contribution is 2.19. The van der Waals surface area contributed by atoms with Gasteiger partial charge in [-0.3, -0.25) is 4.79 Å². The number of nitrogens with two attached hydrogens (primary N) is 1. The predicted octanol–water partition coefficient (Wildman–Crippen LogP) is 0.932. The van der Waals surface area contributed by atoms with E-state index in [1.807, 2.05) is 46.1 Å². The number of rotatable bonds is 3. The molecular weight excluding hydrogens is 240 g/mol. The summed E-state index contributed by atoms with van der Waals surface area (Å²) in [6, 6.07) is 9.82. The van der Waals surface area contributed by atoms with Crippen molar-refractivity contribution in [2.45, 2.75) is 19.0 Å². The summed E-state index contributed by atoms with van der Waals surface area (Å²) in [6.07, 6.45) is 4.09. The number of benzene rings is 1. The molecule has 0 aliphatic carbocycles. The molecule has 19 heavy (non-hydrogen) atoms. The number of amides is 1. The lowest BCUT2D eigenvalue weighted by Crippen LogP contribution is -2.28. The van der Waals surface area contributed by atoms with E-state index < -0.39 is 0 Å². The second-order valence-electron chi connectivity index (χ2n) is 4.82. The number of hydrogen-bond acceptors (Lipinski definition) is 3. The molecule has 1 aliphatic heterocycles. The van der Waals surface area contributed by atoms with E-state index in [1.54, 1.807) is 6.20 Å². The SMILES string of the molecule is NC1CC(=O)N(Cc2ccccc2-n2cccn2)C1. The smallest absolute Gasteiger partial charge is 0.224 e. The first kappa shape index (κ1) is 11.9. The minimum atomic E-state index is -0.0376. The minimum Gasteiger partial charge on any atom is -0.337 e. The second-order valence-corrected chi connectivity index (χ2v) is 4.82. The highest BCUT2D eigenvalue weighted by molar-refractivity contribution is 5.79. The Bertz CT molecular complexity index is 579. The van der Waals surface area contributed by atoms with Crippen LogP contribution in [0.1, 0.15) is 12.0 Å². The molecule has 0 saturated carbocycles. The molecule has 5 heteroatoms. The third-order valence-electron chi connectivity index (χ3n) is 3.35. The van der Waals surface area contributed by atoms with Gasteiger partial charge in [0.1, 0.15) is 0 Å². The molecule has 1 atom stereocenters. The molecule has 0 spiro atoms. The quantitative estimate of drug-likeness (QED) is 0.888. The first-order chi connectivity index (χ1) is 9.24. The van der Waals surface area contributed by atoms with Crippen molar-refractivity contribution in [1.82, 2.24) is 14.7 Å². The molecule has 0 bridgehead atoms.